The SMILES string of the molecule is C=COCCCCO[Si](C=C)(OCCCCOC=C)OCCCCOC=C. The van der Waals surface area contributed by atoms with E-state index in [0.717, 1.165) is 38.5 Å². The Balaban J connectivity index is 4.30. The molecule has 0 fully saturated rings. The lowest BCUT2D eigenvalue weighted by Crippen LogP contribution is -2.45. The van der Waals surface area contributed by atoms with Crippen molar-refractivity contribution in [1.82, 2.24) is 0 Å². The van der Waals surface area contributed by atoms with Crippen molar-refractivity contribution in [3.8, 4) is 0 Å². The number of hydrogen-bond donors (Lipinski definition) is 0. The Hall–Kier alpha value is -1.54. The molecule has 0 heterocycles. The van der Waals surface area contributed by atoms with Crippen LogP contribution < -0.4 is 0 Å². The Kier molecular flexibility index (Phi) is 18.1. The number of unbranched alkanes of at least 4 members (excludes halogenated alkanes) is 3. The van der Waals surface area contributed by atoms with E-state index in [9.17, 15) is 0 Å². The molecule has 0 spiro atoms. The van der Waals surface area contributed by atoms with Crippen LogP contribution in [0.3, 0.4) is 0 Å². The predicted molar refractivity (Wildman–Crippen MR) is 110 cm³/mol. The van der Waals surface area contributed by atoms with Gasteiger partial charge in [-0.1, -0.05) is 26.3 Å². The maximum atomic E-state index is 6.01. The number of rotatable bonds is 22. The van der Waals surface area contributed by atoms with Crippen LogP contribution in [0, 0.1) is 0 Å². The molecule has 0 bridgehead atoms. The summed E-state index contributed by atoms with van der Waals surface area (Å²) >= 11 is 0. The molecule has 0 saturated carbocycles. The summed E-state index contributed by atoms with van der Waals surface area (Å²) in [6, 6.07) is 0. The summed E-state index contributed by atoms with van der Waals surface area (Å²) in [5, 5.41) is 0. The summed E-state index contributed by atoms with van der Waals surface area (Å²) in [7, 11) is -2.89. The number of ether oxygens (including phenoxy) is 3. The highest BCUT2D eigenvalue weighted by atomic mass is 28.4. The fourth-order valence-electron chi connectivity index (χ4n) is 2.06. The highest BCUT2D eigenvalue weighted by Crippen LogP contribution is 2.14. The first-order valence-corrected chi connectivity index (χ1v) is 11.3. The Morgan fingerprint density at radius 1 is 0.481 bits per heavy atom. The first-order chi connectivity index (χ1) is 13.2. The Bertz CT molecular complexity index is 338. The zero-order valence-corrected chi connectivity index (χ0v) is 17.6. The fourth-order valence-corrected chi connectivity index (χ4v) is 3.95. The van der Waals surface area contributed by atoms with Crippen LogP contribution in [0.2, 0.25) is 0 Å². The maximum absolute atomic E-state index is 6.01. The normalized spacial score (nSPS) is 10.8. The third kappa shape index (κ3) is 15.2. The molecule has 0 aromatic rings. The molecule has 156 valence electrons. The first kappa shape index (κ1) is 25.5. The third-order valence-corrected chi connectivity index (χ3v) is 5.80. The average molecular weight is 401 g/mol. The third-order valence-electron chi connectivity index (χ3n) is 3.48. The zero-order valence-electron chi connectivity index (χ0n) is 16.6. The Labute approximate surface area is 165 Å². The van der Waals surface area contributed by atoms with Crippen molar-refractivity contribution in [3.05, 3.63) is 50.8 Å². The molecule has 0 aliphatic heterocycles. The largest absolute Gasteiger partial charge is 0.529 e. The lowest BCUT2D eigenvalue weighted by Gasteiger charge is -2.27. The van der Waals surface area contributed by atoms with Gasteiger partial charge in [0.05, 0.1) is 38.6 Å². The van der Waals surface area contributed by atoms with Gasteiger partial charge >= 0.3 is 8.80 Å². The zero-order chi connectivity index (χ0) is 20.1. The van der Waals surface area contributed by atoms with E-state index in [1.807, 2.05) is 0 Å². The van der Waals surface area contributed by atoms with Gasteiger partial charge in [-0.15, -0.1) is 0 Å². The molecular weight excluding hydrogens is 364 g/mol. The van der Waals surface area contributed by atoms with Gasteiger partial charge in [-0.2, -0.15) is 0 Å². The lowest BCUT2D eigenvalue weighted by atomic mass is 10.3. The van der Waals surface area contributed by atoms with Gasteiger partial charge in [-0.3, -0.25) is 0 Å². The van der Waals surface area contributed by atoms with Crippen LogP contribution in [0.15, 0.2) is 50.8 Å². The van der Waals surface area contributed by atoms with Crippen LogP contribution in [0.4, 0.5) is 0 Å². The minimum atomic E-state index is -2.89. The van der Waals surface area contributed by atoms with Crippen molar-refractivity contribution in [2.75, 3.05) is 39.6 Å². The van der Waals surface area contributed by atoms with E-state index in [0.29, 0.717) is 39.6 Å². The second-order valence-electron chi connectivity index (χ2n) is 5.59. The van der Waals surface area contributed by atoms with Gasteiger partial charge in [-0.25, -0.2) is 0 Å². The van der Waals surface area contributed by atoms with Gasteiger partial charge in [0.15, 0.2) is 0 Å². The van der Waals surface area contributed by atoms with Crippen molar-refractivity contribution in [2.24, 2.45) is 0 Å². The maximum Gasteiger partial charge on any atom is 0.529 e. The van der Waals surface area contributed by atoms with E-state index in [1.54, 1.807) is 5.70 Å². The Morgan fingerprint density at radius 2 is 0.778 bits per heavy atom. The monoisotopic (exact) mass is 400 g/mol. The Morgan fingerprint density at radius 3 is 1.04 bits per heavy atom. The van der Waals surface area contributed by atoms with Crippen LogP contribution in [0.5, 0.6) is 0 Å². The second-order valence-corrected chi connectivity index (χ2v) is 8.07. The summed E-state index contributed by atoms with van der Waals surface area (Å²) in [6.45, 7) is 18.0. The fraction of sp³-hybridized carbons (Fsp3) is 0.600. The summed E-state index contributed by atoms with van der Waals surface area (Å²) in [5.74, 6) is 0. The van der Waals surface area contributed by atoms with E-state index in [1.165, 1.54) is 18.8 Å². The van der Waals surface area contributed by atoms with Crippen molar-refractivity contribution >= 4 is 8.80 Å². The van der Waals surface area contributed by atoms with E-state index in [2.05, 4.69) is 26.3 Å². The molecule has 0 aromatic carbocycles. The molecule has 7 heteroatoms. The lowest BCUT2D eigenvalue weighted by molar-refractivity contribution is 0.0639. The molecule has 0 atom stereocenters. The highest BCUT2D eigenvalue weighted by molar-refractivity contribution is 6.66. The predicted octanol–water partition coefficient (Wildman–Crippen LogP) is 4.52. The molecule has 0 radical (unpaired) electrons. The van der Waals surface area contributed by atoms with Crippen molar-refractivity contribution in [2.45, 2.75) is 38.5 Å². The molecule has 0 aliphatic rings. The van der Waals surface area contributed by atoms with Crippen molar-refractivity contribution in [3.63, 3.8) is 0 Å². The van der Waals surface area contributed by atoms with Gasteiger partial charge in [0.25, 0.3) is 0 Å². The molecule has 0 rings (SSSR count). The number of hydrogen-bond acceptors (Lipinski definition) is 6. The van der Waals surface area contributed by atoms with Crippen LogP contribution >= 0.6 is 0 Å². The van der Waals surface area contributed by atoms with Gasteiger partial charge < -0.3 is 27.5 Å². The van der Waals surface area contributed by atoms with Gasteiger partial charge in [-0.05, 0) is 44.2 Å². The molecule has 0 amide bonds. The minimum absolute atomic E-state index is 0.540. The van der Waals surface area contributed by atoms with Crippen LogP contribution in [0.25, 0.3) is 0 Å². The van der Waals surface area contributed by atoms with Gasteiger partial charge in [0, 0.05) is 19.8 Å². The van der Waals surface area contributed by atoms with E-state index < -0.39 is 8.80 Å². The molecule has 0 aromatic heterocycles. The first-order valence-electron chi connectivity index (χ1n) is 9.47. The van der Waals surface area contributed by atoms with Crippen LogP contribution in [-0.2, 0) is 27.5 Å². The van der Waals surface area contributed by atoms with E-state index >= 15 is 0 Å². The average Bonchev–Trinajstić information content (AvgIpc) is 2.69. The molecule has 0 saturated heterocycles. The van der Waals surface area contributed by atoms with E-state index in [-0.39, 0.29) is 0 Å². The molecule has 6 nitrogen and oxygen atoms in total. The van der Waals surface area contributed by atoms with Crippen molar-refractivity contribution in [1.29, 1.82) is 0 Å². The van der Waals surface area contributed by atoms with E-state index in [4.69, 9.17) is 27.5 Å². The molecule has 0 unspecified atom stereocenters. The summed E-state index contributed by atoms with van der Waals surface area (Å²) < 4.78 is 33.4. The summed E-state index contributed by atoms with van der Waals surface area (Å²) in [4.78, 5) is 0. The highest BCUT2D eigenvalue weighted by Gasteiger charge is 2.37. The van der Waals surface area contributed by atoms with Crippen molar-refractivity contribution < 1.29 is 27.5 Å². The minimum Gasteiger partial charge on any atom is -0.502 e. The molecule has 27 heavy (non-hydrogen) atoms. The smallest absolute Gasteiger partial charge is 0.502 e. The van der Waals surface area contributed by atoms with Gasteiger partial charge in [0.2, 0.25) is 0 Å². The quantitative estimate of drug-likeness (QED) is 0.151. The standard InChI is InChI=1S/C20H36O6Si/c1-5-21-15-9-12-18-24-27(8-4,25-19-13-10-16-22-6-2)26-20-14-11-17-23-7-3/h5-8H,1-4,9-20H2. The second kappa shape index (κ2) is 19.2. The topological polar surface area (TPSA) is 55.4 Å². The molecule has 0 aliphatic carbocycles. The molecular formula is C20H36O6Si. The van der Waals surface area contributed by atoms with Crippen LogP contribution in [0.1, 0.15) is 38.5 Å². The summed E-state index contributed by atoms with van der Waals surface area (Å²) in [5.41, 5.74) is 1.70. The van der Waals surface area contributed by atoms with Crippen LogP contribution in [-0.4, -0.2) is 48.4 Å². The summed E-state index contributed by atoms with van der Waals surface area (Å²) in [6.07, 6.45) is 9.53. The molecule has 0 N–H and O–H groups in total. The van der Waals surface area contributed by atoms with Gasteiger partial charge in [0.1, 0.15) is 0 Å².